The van der Waals surface area contributed by atoms with Crippen LogP contribution in [-0.2, 0) is 0 Å². The van der Waals surface area contributed by atoms with Gasteiger partial charge in [-0.2, -0.15) is 0 Å². The molecule has 1 aliphatic heterocycles. The lowest BCUT2D eigenvalue weighted by atomic mass is 10.2. The van der Waals surface area contributed by atoms with Crippen molar-refractivity contribution in [3.63, 3.8) is 0 Å². The van der Waals surface area contributed by atoms with E-state index in [4.69, 9.17) is 4.74 Å². The summed E-state index contributed by atoms with van der Waals surface area (Å²) in [5, 5.41) is 4.88. The fraction of sp³-hybridized carbons (Fsp3) is 0.308. The van der Waals surface area contributed by atoms with Crippen molar-refractivity contribution in [2.45, 2.75) is 19.8 Å². The Labute approximate surface area is 198 Å². The number of rotatable bonds is 8. The topological polar surface area (TPSA) is 61.9 Å². The van der Waals surface area contributed by atoms with Crippen LogP contribution in [0.3, 0.4) is 0 Å². The van der Waals surface area contributed by atoms with Crippen molar-refractivity contribution in [1.29, 1.82) is 0 Å². The van der Waals surface area contributed by atoms with E-state index >= 15 is 0 Å². The van der Waals surface area contributed by atoms with Crippen molar-refractivity contribution >= 4 is 34.5 Å². The van der Waals surface area contributed by atoms with Gasteiger partial charge in [-0.1, -0.05) is 19.4 Å². The summed E-state index contributed by atoms with van der Waals surface area (Å²) in [5.74, 6) is 0.744. The maximum Gasteiger partial charge on any atom is 0.264 e. The molecular formula is C26H29N3O3S. The predicted octanol–water partition coefficient (Wildman–Crippen LogP) is 5.14. The van der Waals surface area contributed by atoms with Crippen LogP contribution in [0.5, 0.6) is 5.75 Å². The Morgan fingerprint density at radius 3 is 2.33 bits per heavy atom. The van der Waals surface area contributed by atoms with Crippen LogP contribution in [0.15, 0.2) is 66.0 Å². The molecule has 0 bridgehead atoms. The van der Waals surface area contributed by atoms with Gasteiger partial charge >= 0.3 is 0 Å². The number of thiophene rings is 1. The lowest BCUT2D eigenvalue weighted by Gasteiger charge is -2.36. The van der Waals surface area contributed by atoms with Crippen LogP contribution in [0.4, 0.5) is 11.4 Å². The Bertz CT molecular complexity index is 1040. The van der Waals surface area contributed by atoms with Crippen molar-refractivity contribution in [3.8, 4) is 5.75 Å². The van der Waals surface area contributed by atoms with Crippen LogP contribution in [0.2, 0.25) is 0 Å². The Balaban J connectivity index is 1.28. The molecule has 0 atom stereocenters. The largest absolute Gasteiger partial charge is 0.494 e. The molecule has 2 amide bonds. The summed E-state index contributed by atoms with van der Waals surface area (Å²) in [6, 6.07) is 18.9. The lowest BCUT2D eigenvalue weighted by Crippen LogP contribution is -2.48. The summed E-state index contributed by atoms with van der Waals surface area (Å²) >= 11 is 1.49. The van der Waals surface area contributed by atoms with E-state index in [9.17, 15) is 9.59 Å². The van der Waals surface area contributed by atoms with Gasteiger partial charge in [-0.25, -0.2) is 0 Å². The molecule has 7 heteroatoms. The number of hydrogen-bond donors (Lipinski definition) is 1. The molecule has 33 heavy (non-hydrogen) atoms. The van der Waals surface area contributed by atoms with Crippen molar-refractivity contribution in [3.05, 3.63) is 76.5 Å². The van der Waals surface area contributed by atoms with Crippen LogP contribution in [0.1, 0.15) is 39.8 Å². The fourth-order valence-corrected chi connectivity index (χ4v) is 4.41. The van der Waals surface area contributed by atoms with E-state index in [0.29, 0.717) is 25.3 Å². The van der Waals surface area contributed by atoms with Gasteiger partial charge in [-0.15, -0.1) is 11.3 Å². The van der Waals surface area contributed by atoms with E-state index in [1.165, 1.54) is 11.3 Å². The van der Waals surface area contributed by atoms with Crippen molar-refractivity contribution in [2.75, 3.05) is 43.0 Å². The lowest BCUT2D eigenvalue weighted by molar-refractivity contribution is 0.0751. The predicted molar refractivity (Wildman–Crippen MR) is 134 cm³/mol. The maximum atomic E-state index is 12.6. The molecule has 1 aliphatic rings. The standard InChI is InChI=1S/C26H29N3O3S/c1-2-3-18-32-23-12-6-20(7-13-23)25(30)27-21-8-10-22(11-9-21)28-14-16-29(17-15-28)26(31)24-5-4-19-33-24/h4-13,19H,2-3,14-18H2,1H3,(H,27,30). The Kier molecular flexibility index (Phi) is 7.62. The molecule has 0 unspecified atom stereocenters. The second-order valence-corrected chi connectivity index (χ2v) is 8.93. The first-order chi connectivity index (χ1) is 16.1. The normalized spacial score (nSPS) is 13.6. The molecule has 3 aromatic rings. The number of carbonyl (C=O) groups is 2. The number of amides is 2. The summed E-state index contributed by atoms with van der Waals surface area (Å²) in [6.07, 6.45) is 2.10. The van der Waals surface area contributed by atoms with Gasteiger partial charge < -0.3 is 19.9 Å². The molecule has 0 radical (unpaired) electrons. The summed E-state index contributed by atoms with van der Waals surface area (Å²) in [4.78, 5) is 30.1. The van der Waals surface area contributed by atoms with Crippen molar-refractivity contribution < 1.29 is 14.3 Å². The number of ether oxygens (including phenoxy) is 1. The molecule has 2 aromatic carbocycles. The highest BCUT2D eigenvalue weighted by Crippen LogP contribution is 2.22. The number of hydrogen-bond acceptors (Lipinski definition) is 5. The quantitative estimate of drug-likeness (QED) is 0.470. The molecule has 6 nitrogen and oxygen atoms in total. The van der Waals surface area contributed by atoms with E-state index in [-0.39, 0.29) is 11.8 Å². The number of carbonyl (C=O) groups excluding carboxylic acids is 2. The van der Waals surface area contributed by atoms with Gasteiger partial charge in [-0.05, 0) is 66.4 Å². The first kappa shape index (κ1) is 22.9. The second kappa shape index (κ2) is 11.0. The molecule has 0 aliphatic carbocycles. The van der Waals surface area contributed by atoms with Crippen LogP contribution in [0, 0.1) is 0 Å². The van der Waals surface area contributed by atoms with Crippen molar-refractivity contribution in [2.24, 2.45) is 0 Å². The Morgan fingerprint density at radius 1 is 0.970 bits per heavy atom. The van der Waals surface area contributed by atoms with Gasteiger partial charge in [0.1, 0.15) is 5.75 Å². The number of nitrogens with one attached hydrogen (secondary N) is 1. The van der Waals surface area contributed by atoms with E-state index < -0.39 is 0 Å². The number of anilines is 2. The minimum absolute atomic E-state index is 0.114. The van der Waals surface area contributed by atoms with E-state index in [1.807, 2.05) is 58.8 Å². The molecule has 0 spiro atoms. The summed E-state index contributed by atoms with van der Waals surface area (Å²) in [6.45, 7) is 5.79. The summed E-state index contributed by atoms with van der Waals surface area (Å²) in [7, 11) is 0. The molecule has 1 aromatic heterocycles. The first-order valence-electron chi connectivity index (χ1n) is 11.4. The van der Waals surface area contributed by atoms with Gasteiger partial charge in [0, 0.05) is 43.1 Å². The fourth-order valence-electron chi connectivity index (χ4n) is 3.72. The highest BCUT2D eigenvalue weighted by Gasteiger charge is 2.22. The molecule has 1 fully saturated rings. The van der Waals surface area contributed by atoms with E-state index in [1.54, 1.807) is 12.1 Å². The molecule has 4 rings (SSSR count). The average Bonchev–Trinajstić information content (AvgIpc) is 3.40. The molecule has 1 saturated heterocycles. The SMILES string of the molecule is CCCCOc1ccc(C(=O)Nc2ccc(N3CCN(C(=O)c4cccs4)CC3)cc2)cc1. The third kappa shape index (κ3) is 5.93. The van der Waals surface area contributed by atoms with Gasteiger partial charge in [-0.3, -0.25) is 9.59 Å². The minimum Gasteiger partial charge on any atom is -0.494 e. The van der Waals surface area contributed by atoms with Gasteiger partial charge in [0.15, 0.2) is 0 Å². The zero-order valence-electron chi connectivity index (χ0n) is 18.8. The minimum atomic E-state index is -0.149. The van der Waals surface area contributed by atoms with Gasteiger partial charge in [0.05, 0.1) is 11.5 Å². The van der Waals surface area contributed by atoms with Crippen LogP contribution < -0.4 is 15.0 Å². The highest BCUT2D eigenvalue weighted by atomic mass is 32.1. The van der Waals surface area contributed by atoms with Crippen molar-refractivity contribution in [1.82, 2.24) is 4.90 Å². The monoisotopic (exact) mass is 463 g/mol. The first-order valence-corrected chi connectivity index (χ1v) is 12.2. The van der Waals surface area contributed by atoms with E-state index in [0.717, 1.165) is 47.9 Å². The maximum absolute atomic E-state index is 12.6. The molecule has 0 saturated carbocycles. The third-order valence-corrected chi connectivity index (χ3v) is 6.53. The zero-order chi connectivity index (χ0) is 23.0. The average molecular weight is 464 g/mol. The summed E-state index contributed by atoms with van der Waals surface area (Å²) < 4.78 is 5.65. The number of unbranched alkanes of at least 4 members (excludes halogenated alkanes) is 1. The molecular weight excluding hydrogens is 434 g/mol. The van der Waals surface area contributed by atoms with Gasteiger partial charge in [0.2, 0.25) is 0 Å². The zero-order valence-corrected chi connectivity index (χ0v) is 19.6. The Hall–Kier alpha value is -3.32. The third-order valence-electron chi connectivity index (χ3n) is 5.67. The summed E-state index contributed by atoms with van der Waals surface area (Å²) in [5.41, 5.74) is 2.43. The molecule has 1 N–H and O–H groups in total. The van der Waals surface area contributed by atoms with Gasteiger partial charge in [0.25, 0.3) is 11.8 Å². The van der Waals surface area contributed by atoms with Crippen LogP contribution in [-0.4, -0.2) is 49.5 Å². The van der Waals surface area contributed by atoms with E-state index in [2.05, 4.69) is 17.1 Å². The molecule has 2 heterocycles. The van der Waals surface area contributed by atoms with Crippen LogP contribution in [0.25, 0.3) is 0 Å². The molecule has 172 valence electrons. The Morgan fingerprint density at radius 2 is 1.70 bits per heavy atom. The second-order valence-electron chi connectivity index (χ2n) is 7.98. The number of nitrogens with zero attached hydrogens (tertiary/aromatic N) is 2. The smallest absolute Gasteiger partial charge is 0.264 e. The number of piperazine rings is 1. The highest BCUT2D eigenvalue weighted by molar-refractivity contribution is 7.12. The number of benzene rings is 2. The van der Waals surface area contributed by atoms with Crippen LogP contribution >= 0.6 is 11.3 Å².